The Morgan fingerprint density at radius 1 is 0.500 bits per heavy atom. The molecule has 0 aromatic carbocycles. The van der Waals surface area contributed by atoms with E-state index in [1.807, 2.05) is 0 Å². The first-order valence-corrected chi connectivity index (χ1v) is 10.3. The lowest BCUT2D eigenvalue weighted by molar-refractivity contribution is 0.0688. The molecular weight excluding hydrogens is 292 g/mol. The fourth-order valence-corrected chi connectivity index (χ4v) is 3.11. The molecule has 0 heterocycles. The maximum Gasteiger partial charge on any atom is 0.0930 e. The van der Waals surface area contributed by atoms with Crippen LogP contribution in [-0.4, -0.2) is 6.10 Å². The molecule has 0 rings (SSSR count). The molecule has 0 aliphatic rings. The molecule has 1 unspecified atom stereocenters. The van der Waals surface area contributed by atoms with Crippen LogP contribution in [0.4, 0.5) is 0 Å². The summed E-state index contributed by atoms with van der Waals surface area (Å²) in [5.41, 5.74) is 0. The molecule has 0 aliphatic carbocycles. The maximum atomic E-state index is 11.9. The number of hydrogen-bond acceptors (Lipinski definition) is 0. The number of rotatable bonds is 18. The van der Waals surface area contributed by atoms with Crippen LogP contribution in [0.25, 0.3) is 0 Å². The smallest absolute Gasteiger partial charge is 0.0930 e. The molecule has 0 saturated heterocycles. The van der Waals surface area contributed by atoms with Gasteiger partial charge in [-0.25, -0.2) is 5.11 Å². The standard InChI is InChI=1S/C23H39O/c1-3-5-7-9-11-13-14-16-18-20-22-23(24)21-19-17-15-12-10-8-6-4-2/h1-2,23H,5-22H2. The summed E-state index contributed by atoms with van der Waals surface area (Å²) < 4.78 is 0. The molecule has 137 valence electrons. The number of terminal acetylenes is 2. The second-order valence-corrected chi connectivity index (χ2v) is 7.06. The monoisotopic (exact) mass is 331 g/mol. The van der Waals surface area contributed by atoms with E-state index in [9.17, 15) is 5.11 Å². The topological polar surface area (TPSA) is 19.9 Å². The largest absolute Gasteiger partial charge is 0.233 e. The predicted molar refractivity (Wildman–Crippen MR) is 105 cm³/mol. The summed E-state index contributed by atoms with van der Waals surface area (Å²) in [7, 11) is 0. The van der Waals surface area contributed by atoms with Gasteiger partial charge in [-0.15, -0.1) is 24.7 Å². The van der Waals surface area contributed by atoms with Crippen LogP contribution in [0.3, 0.4) is 0 Å². The van der Waals surface area contributed by atoms with Gasteiger partial charge in [0.05, 0.1) is 6.10 Å². The Labute approximate surface area is 152 Å². The quantitative estimate of drug-likeness (QED) is 0.189. The lowest BCUT2D eigenvalue weighted by Crippen LogP contribution is -2.04. The summed E-state index contributed by atoms with van der Waals surface area (Å²) in [5.74, 6) is 5.38. The summed E-state index contributed by atoms with van der Waals surface area (Å²) in [4.78, 5) is 0. The minimum Gasteiger partial charge on any atom is -0.233 e. The van der Waals surface area contributed by atoms with Crippen LogP contribution in [0.1, 0.15) is 116 Å². The normalized spacial score (nSPS) is 11.8. The Bertz CT molecular complexity index is 320. The van der Waals surface area contributed by atoms with E-state index in [-0.39, 0.29) is 6.10 Å². The second-order valence-electron chi connectivity index (χ2n) is 7.06. The lowest BCUT2D eigenvalue weighted by Gasteiger charge is -2.08. The first-order chi connectivity index (χ1) is 11.8. The molecule has 0 aromatic rings. The Balaban J connectivity index is 3.15. The van der Waals surface area contributed by atoms with Gasteiger partial charge in [-0.2, -0.15) is 0 Å². The Kier molecular flexibility index (Phi) is 19.4. The Hall–Kier alpha value is -0.920. The van der Waals surface area contributed by atoms with Gasteiger partial charge in [0.25, 0.3) is 0 Å². The van der Waals surface area contributed by atoms with Crippen LogP contribution in [0.2, 0.25) is 0 Å². The van der Waals surface area contributed by atoms with E-state index in [0.29, 0.717) is 0 Å². The van der Waals surface area contributed by atoms with Crippen molar-refractivity contribution < 1.29 is 5.11 Å². The third-order valence-corrected chi connectivity index (χ3v) is 4.69. The van der Waals surface area contributed by atoms with Gasteiger partial charge < -0.3 is 0 Å². The molecule has 0 bridgehead atoms. The van der Waals surface area contributed by atoms with Crippen LogP contribution in [-0.2, 0) is 5.11 Å². The highest BCUT2D eigenvalue weighted by molar-refractivity contribution is 4.83. The minimum atomic E-state index is -0.324. The van der Waals surface area contributed by atoms with Gasteiger partial charge in [0.15, 0.2) is 0 Å². The summed E-state index contributed by atoms with van der Waals surface area (Å²) in [5, 5.41) is 11.9. The van der Waals surface area contributed by atoms with Crippen molar-refractivity contribution in [1.29, 1.82) is 0 Å². The molecule has 0 aliphatic heterocycles. The van der Waals surface area contributed by atoms with E-state index < -0.39 is 0 Å². The summed E-state index contributed by atoms with van der Waals surface area (Å²) >= 11 is 0. The Morgan fingerprint density at radius 3 is 1.12 bits per heavy atom. The van der Waals surface area contributed by atoms with Gasteiger partial charge in [-0.3, -0.25) is 0 Å². The molecule has 24 heavy (non-hydrogen) atoms. The molecule has 1 nitrogen and oxygen atoms in total. The molecule has 1 atom stereocenters. The zero-order valence-electron chi connectivity index (χ0n) is 15.9. The molecule has 1 heteroatoms. The van der Waals surface area contributed by atoms with E-state index >= 15 is 0 Å². The molecule has 0 N–H and O–H groups in total. The van der Waals surface area contributed by atoms with Gasteiger partial charge in [-0.05, 0) is 25.7 Å². The van der Waals surface area contributed by atoms with Crippen LogP contribution >= 0.6 is 0 Å². The zero-order chi connectivity index (χ0) is 17.7. The van der Waals surface area contributed by atoms with Crippen LogP contribution in [0, 0.1) is 24.7 Å². The number of unbranched alkanes of at least 4 members (excludes halogenated alkanes) is 14. The lowest BCUT2D eigenvalue weighted by atomic mass is 10.0. The van der Waals surface area contributed by atoms with Crippen molar-refractivity contribution >= 4 is 0 Å². The van der Waals surface area contributed by atoms with Crippen molar-refractivity contribution in [3.05, 3.63) is 0 Å². The van der Waals surface area contributed by atoms with Crippen molar-refractivity contribution in [2.75, 3.05) is 0 Å². The van der Waals surface area contributed by atoms with E-state index in [0.717, 1.165) is 44.9 Å². The van der Waals surface area contributed by atoms with Gasteiger partial charge >= 0.3 is 0 Å². The van der Waals surface area contributed by atoms with Crippen LogP contribution < -0.4 is 0 Å². The fraction of sp³-hybridized carbons (Fsp3) is 0.826. The van der Waals surface area contributed by atoms with Gasteiger partial charge in [-0.1, -0.05) is 77.0 Å². The average molecular weight is 332 g/mol. The van der Waals surface area contributed by atoms with E-state index in [2.05, 4.69) is 11.8 Å². The van der Waals surface area contributed by atoms with E-state index in [4.69, 9.17) is 12.8 Å². The summed E-state index contributed by atoms with van der Waals surface area (Å²) in [6, 6.07) is 0. The molecule has 0 amide bonds. The van der Waals surface area contributed by atoms with Gasteiger partial charge in [0.1, 0.15) is 0 Å². The molecule has 0 spiro atoms. The van der Waals surface area contributed by atoms with E-state index in [1.54, 1.807) is 0 Å². The Morgan fingerprint density at radius 2 is 0.792 bits per heavy atom. The van der Waals surface area contributed by atoms with Gasteiger partial charge in [0.2, 0.25) is 0 Å². The molecule has 0 fully saturated rings. The maximum absolute atomic E-state index is 11.9. The van der Waals surface area contributed by atoms with Gasteiger partial charge in [0, 0.05) is 12.8 Å². The number of hydrogen-bond donors (Lipinski definition) is 0. The van der Waals surface area contributed by atoms with Crippen molar-refractivity contribution in [3.8, 4) is 24.7 Å². The molecular formula is C23H39O. The average Bonchev–Trinajstić information content (AvgIpc) is 2.59. The first kappa shape index (κ1) is 23.1. The SMILES string of the molecule is C#CCCCCCCCCCCC([O])CCCCCCCCC#C. The third kappa shape index (κ3) is 19.1. The van der Waals surface area contributed by atoms with Crippen molar-refractivity contribution in [3.63, 3.8) is 0 Å². The highest BCUT2D eigenvalue weighted by Gasteiger charge is 2.05. The molecule has 0 saturated carbocycles. The summed E-state index contributed by atoms with van der Waals surface area (Å²) in [6.07, 6.45) is 31.1. The fourth-order valence-electron chi connectivity index (χ4n) is 3.11. The highest BCUT2D eigenvalue weighted by Crippen LogP contribution is 2.15. The van der Waals surface area contributed by atoms with Crippen molar-refractivity contribution in [2.24, 2.45) is 0 Å². The zero-order valence-corrected chi connectivity index (χ0v) is 15.9. The van der Waals surface area contributed by atoms with Crippen LogP contribution in [0.15, 0.2) is 0 Å². The van der Waals surface area contributed by atoms with Crippen molar-refractivity contribution in [1.82, 2.24) is 0 Å². The van der Waals surface area contributed by atoms with E-state index in [1.165, 1.54) is 70.6 Å². The minimum absolute atomic E-state index is 0.324. The highest BCUT2D eigenvalue weighted by atomic mass is 16.3. The molecule has 0 aromatic heterocycles. The molecule has 1 radical (unpaired) electrons. The van der Waals surface area contributed by atoms with Crippen molar-refractivity contribution in [2.45, 2.75) is 122 Å². The van der Waals surface area contributed by atoms with Crippen LogP contribution in [0.5, 0.6) is 0 Å². The summed E-state index contributed by atoms with van der Waals surface area (Å²) in [6.45, 7) is 0. The second kappa shape index (κ2) is 20.1. The first-order valence-electron chi connectivity index (χ1n) is 10.3. The predicted octanol–water partition coefficient (Wildman–Crippen LogP) is 7.07. The third-order valence-electron chi connectivity index (χ3n) is 4.69.